The SMILES string of the molecule is CCOC(=O)CC(CCc1cn[nH]n1)c1ccc(C)c(CN2C[C@@H](C)Oc3ccccc3S2(=O)=O)c1. The van der Waals surface area contributed by atoms with Gasteiger partial charge in [-0.25, -0.2) is 8.42 Å². The van der Waals surface area contributed by atoms with Crippen molar-refractivity contribution >= 4 is 16.0 Å². The average molecular weight is 513 g/mol. The highest BCUT2D eigenvalue weighted by Crippen LogP contribution is 2.33. The Bertz CT molecular complexity index is 1290. The van der Waals surface area contributed by atoms with Crippen molar-refractivity contribution in [2.45, 2.75) is 63.5 Å². The molecule has 4 rings (SSSR count). The third-order valence-electron chi connectivity index (χ3n) is 6.38. The van der Waals surface area contributed by atoms with E-state index in [1.54, 1.807) is 37.4 Å². The van der Waals surface area contributed by atoms with E-state index in [9.17, 15) is 13.2 Å². The first-order valence-electron chi connectivity index (χ1n) is 12.1. The highest BCUT2D eigenvalue weighted by atomic mass is 32.2. The summed E-state index contributed by atoms with van der Waals surface area (Å²) in [6, 6.07) is 12.7. The quantitative estimate of drug-likeness (QED) is 0.434. The summed E-state index contributed by atoms with van der Waals surface area (Å²) < 4.78 is 39.6. The monoisotopic (exact) mass is 512 g/mol. The van der Waals surface area contributed by atoms with E-state index in [2.05, 4.69) is 15.4 Å². The van der Waals surface area contributed by atoms with Gasteiger partial charge in [-0.15, -0.1) is 0 Å². The second-order valence-corrected chi connectivity index (χ2v) is 11.0. The van der Waals surface area contributed by atoms with Gasteiger partial charge in [0, 0.05) is 6.54 Å². The van der Waals surface area contributed by atoms with E-state index in [1.807, 2.05) is 32.0 Å². The Morgan fingerprint density at radius 1 is 1.28 bits per heavy atom. The van der Waals surface area contributed by atoms with Gasteiger partial charge in [0.25, 0.3) is 0 Å². The Labute approximate surface area is 211 Å². The van der Waals surface area contributed by atoms with Gasteiger partial charge in [-0.1, -0.05) is 30.3 Å². The number of rotatable bonds is 9. The molecule has 2 aromatic carbocycles. The van der Waals surface area contributed by atoms with E-state index in [0.29, 0.717) is 25.2 Å². The first-order chi connectivity index (χ1) is 17.3. The normalized spacial score (nSPS) is 18.0. The van der Waals surface area contributed by atoms with E-state index in [4.69, 9.17) is 9.47 Å². The number of nitrogens with zero attached hydrogens (tertiary/aromatic N) is 3. The van der Waals surface area contributed by atoms with Crippen molar-refractivity contribution in [3.05, 3.63) is 71.0 Å². The van der Waals surface area contributed by atoms with Crippen LogP contribution in [0, 0.1) is 6.92 Å². The lowest BCUT2D eigenvalue weighted by molar-refractivity contribution is -0.143. The van der Waals surface area contributed by atoms with E-state index in [0.717, 1.165) is 22.4 Å². The van der Waals surface area contributed by atoms with Gasteiger partial charge < -0.3 is 9.47 Å². The molecule has 2 heterocycles. The zero-order chi connectivity index (χ0) is 25.7. The van der Waals surface area contributed by atoms with Gasteiger partial charge in [0.05, 0.1) is 31.5 Å². The number of aromatic nitrogens is 3. The van der Waals surface area contributed by atoms with Crippen LogP contribution in [0.5, 0.6) is 5.75 Å². The van der Waals surface area contributed by atoms with Gasteiger partial charge in [0.15, 0.2) is 0 Å². The second kappa shape index (κ2) is 11.2. The van der Waals surface area contributed by atoms with Crippen molar-refractivity contribution in [1.82, 2.24) is 19.7 Å². The fraction of sp³-hybridized carbons (Fsp3) is 0.423. The smallest absolute Gasteiger partial charge is 0.306 e. The molecule has 0 spiro atoms. The minimum atomic E-state index is -3.75. The number of ether oxygens (including phenoxy) is 2. The van der Waals surface area contributed by atoms with Gasteiger partial charge in [-0.2, -0.15) is 19.7 Å². The number of para-hydroxylation sites is 1. The first kappa shape index (κ1) is 25.8. The van der Waals surface area contributed by atoms with Crippen LogP contribution in [0.2, 0.25) is 0 Å². The maximum atomic E-state index is 13.5. The predicted molar refractivity (Wildman–Crippen MR) is 134 cm³/mol. The van der Waals surface area contributed by atoms with Crippen LogP contribution in [0.15, 0.2) is 53.6 Å². The summed E-state index contributed by atoms with van der Waals surface area (Å²) in [5.74, 6) is 0.00612. The molecule has 1 aliphatic heterocycles. The number of hydrogen-bond donors (Lipinski definition) is 1. The topological polar surface area (TPSA) is 114 Å². The average Bonchev–Trinajstić information content (AvgIpc) is 3.34. The van der Waals surface area contributed by atoms with Crippen LogP contribution in [-0.2, 0) is 32.5 Å². The van der Waals surface area contributed by atoms with Gasteiger partial charge >= 0.3 is 5.97 Å². The maximum absolute atomic E-state index is 13.5. The number of esters is 1. The Kier molecular flexibility index (Phi) is 8.05. The number of aromatic amines is 1. The molecule has 1 N–H and O–H groups in total. The Morgan fingerprint density at radius 2 is 2.08 bits per heavy atom. The van der Waals surface area contributed by atoms with Crippen LogP contribution in [0.1, 0.15) is 55.0 Å². The maximum Gasteiger partial charge on any atom is 0.306 e. The summed E-state index contributed by atoms with van der Waals surface area (Å²) in [7, 11) is -3.75. The molecule has 10 heteroatoms. The third kappa shape index (κ3) is 5.93. The number of benzene rings is 2. The number of sulfonamides is 1. The van der Waals surface area contributed by atoms with Crippen molar-refractivity contribution in [2.24, 2.45) is 0 Å². The van der Waals surface area contributed by atoms with E-state index >= 15 is 0 Å². The number of hydrogen-bond acceptors (Lipinski definition) is 7. The molecule has 9 nitrogen and oxygen atoms in total. The van der Waals surface area contributed by atoms with Crippen molar-refractivity contribution in [2.75, 3.05) is 13.2 Å². The molecule has 0 saturated heterocycles. The molecular formula is C26H32N4O5S. The van der Waals surface area contributed by atoms with Gasteiger partial charge in [0.2, 0.25) is 10.0 Å². The number of carbonyl (C=O) groups is 1. The standard InChI is InChI=1S/C26H32N4O5S/c1-4-34-26(31)14-21(11-12-23-15-27-29-28-23)20-10-9-18(2)22(13-20)17-30-16-19(3)35-24-7-5-6-8-25(24)36(30,32)33/h5-10,13,15,19,21H,4,11-12,14,16-17H2,1-3H3,(H,27,28,29)/t19-,21?/m1/s1. The van der Waals surface area contributed by atoms with Crippen molar-refractivity contribution < 1.29 is 22.7 Å². The van der Waals surface area contributed by atoms with E-state index in [1.165, 1.54) is 4.31 Å². The van der Waals surface area contributed by atoms with Gasteiger partial charge in [0.1, 0.15) is 16.7 Å². The van der Waals surface area contributed by atoms with Crippen LogP contribution < -0.4 is 4.74 Å². The minimum Gasteiger partial charge on any atom is -0.488 e. The lowest BCUT2D eigenvalue weighted by Crippen LogP contribution is -2.35. The molecule has 0 aliphatic carbocycles. The van der Waals surface area contributed by atoms with Gasteiger partial charge in [-0.05, 0) is 68.4 Å². The Hall–Kier alpha value is -3.24. The summed E-state index contributed by atoms with van der Waals surface area (Å²) in [6.45, 7) is 6.39. The predicted octanol–water partition coefficient (Wildman–Crippen LogP) is 3.75. The van der Waals surface area contributed by atoms with Crippen molar-refractivity contribution in [3.63, 3.8) is 0 Å². The summed E-state index contributed by atoms with van der Waals surface area (Å²) >= 11 is 0. The Balaban J connectivity index is 1.62. The molecule has 1 aliphatic rings. The highest BCUT2D eigenvalue weighted by molar-refractivity contribution is 7.89. The number of H-pyrrole nitrogens is 1. The molecular weight excluding hydrogens is 480 g/mol. The molecule has 2 atom stereocenters. The summed E-state index contributed by atoms with van der Waals surface area (Å²) in [6.07, 6.45) is 2.93. The molecule has 0 bridgehead atoms. The zero-order valence-electron chi connectivity index (χ0n) is 20.8. The van der Waals surface area contributed by atoms with Crippen LogP contribution in [-0.4, -0.2) is 53.4 Å². The molecule has 0 radical (unpaired) electrons. The third-order valence-corrected chi connectivity index (χ3v) is 8.23. The first-order valence-corrected chi connectivity index (χ1v) is 13.6. The lowest BCUT2D eigenvalue weighted by Gasteiger charge is -2.24. The number of fused-ring (bicyclic) bond motifs is 1. The van der Waals surface area contributed by atoms with E-state index in [-0.39, 0.29) is 42.4 Å². The molecule has 0 saturated carbocycles. The molecule has 0 amide bonds. The van der Waals surface area contributed by atoms with Crippen molar-refractivity contribution in [1.29, 1.82) is 0 Å². The van der Waals surface area contributed by atoms with Gasteiger partial charge in [-0.3, -0.25) is 4.79 Å². The molecule has 1 aromatic heterocycles. The van der Waals surface area contributed by atoms with Crippen LogP contribution in [0.25, 0.3) is 0 Å². The molecule has 192 valence electrons. The number of nitrogens with one attached hydrogen (secondary N) is 1. The zero-order valence-corrected chi connectivity index (χ0v) is 21.6. The fourth-order valence-corrected chi connectivity index (χ4v) is 6.08. The van der Waals surface area contributed by atoms with Crippen LogP contribution in [0.4, 0.5) is 0 Å². The molecule has 0 fully saturated rings. The lowest BCUT2D eigenvalue weighted by atomic mass is 9.88. The largest absolute Gasteiger partial charge is 0.488 e. The Morgan fingerprint density at radius 3 is 2.83 bits per heavy atom. The van der Waals surface area contributed by atoms with Crippen LogP contribution in [0.3, 0.4) is 0 Å². The summed E-state index contributed by atoms with van der Waals surface area (Å²) in [5, 5.41) is 10.6. The minimum absolute atomic E-state index is 0.108. The fourth-order valence-electron chi connectivity index (χ4n) is 4.47. The highest BCUT2D eigenvalue weighted by Gasteiger charge is 2.33. The summed E-state index contributed by atoms with van der Waals surface area (Å²) in [4.78, 5) is 12.6. The molecule has 1 unspecified atom stereocenters. The number of aryl methyl sites for hydroxylation is 2. The molecule has 3 aromatic rings. The molecule has 36 heavy (non-hydrogen) atoms. The van der Waals surface area contributed by atoms with Crippen LogP contribution >= 0.6 is 0 Å². The second-order valence-electron chi connectivity index (χ2n) is 9.06. The van der Waals surface area contributed by atoms with Crippen molar-refractivity contribution in [3.8, 4) is 5.75 Å². The van der Waals surface area contributed by atoms with E-state index < -0.39 is 10.0 Å². The summed E-state index contributed by atoms with van der Waals surface area (Å²) in [5.41, 5.74) is 3.65. The number of carbonyl (C=O) groups excluding carboxylic acids is 1.